The molecule has 1 saturated heterocycles. The van der Waals surface area contributed by atoms with E-state index in [9.17, 15) is 4.79 Å². The van der Waals surface area contributed by atoms with Crippen LogP contribution >= 0.6 is 0 Å². The van der Waals surface area contributed by atoms with Crippen molar-refractivity contribution >= 4 is 39.9 Å². The number of anilines is 4. The predicted molar refractivity (Wildman–Crippen MR) is 155 cm³/mol. The van der Waals surface area contributed by atoms with Crippen LogP contribution in [0, 0.1) is 6.92 Å². The zero-order chi connectivity index (χ0) is 27.7. The minimum Gasteiger partial charge on any atom is -0.454 e. The van der Waals surface area contributed by atoms with Gasteiger partial charge in [0.15, 0.2) is 0 Å². The van der Waals surface area contributed by atoms with Gasteiger partial charge in [-0.15, -0.1) is 0 Å². The topological polar surface area (TPSA) is 111 Å². The van der Waals surface area contributed by atoms with Crippen LogP contribution in [-0.2, 0) is 16.5 Å². The van der Waals surface area contributed by atoms with Crippen LogP contribution in [0.3, 0.4) is 0 Å². The number of nitrogens with zero attached hydrogens (tertiary/aromatic N) is 5. The highest BCUT2D eigenvalue weighted by Crippen LogP contribution is 2.34. The van der Waals surface area contributed by atoms with E-state index in [1.165, 1.54) is 6.20 Å². The summed E-state index contributed by atoms with van der Waals surface area (Å²) in [4.78, 5) is 26.7. The summed E-state index contributed by atoms with van der Waals surface area (Å²) in [6.45, 7) is 4.59. The lowest BCUT2D eigenvalue weighted by Gasteiger charge is -2.26. The molecule has 3 N–H and O–H groups in total. The smallest absolute Gasteiger partial charge is 0.342 e. The summed E-state index contributed by atoms with van der Waals surface area (Å²) in [5, 5.41) is 4.30. The molecule has 204 valence electrons. The number of carbonyl (C=O) groups excluding carboxylic acids is 1. The number of fused-ring (bicyclic) bond motifs is 1. The van der Waals surface area contributed by atoms with E-state index in [1.54, 1.807) is 0 Å². The second kappa shape index (κ2) is 10.9. The highest BCUT2D eigenvalue weighted by Gasteiger charge is 2.27. The number of rotatable bonds is 9. The lowest BCUT2D eigenvalue weighted by molar-refractivity contribution is -0.103. The van der Waals surface area contributed by atoms with E-state index in [4.69, 9.17) is 20.2 Å². The first-order valence-corrected chi connectivity index (χ1v) is 12.9. The van der Waals surface area contributed by atoms with Crippen LogP contribution in [0.1, 0.15) is 15.9 Å². The average molecular weight is 530 g/mol. The molecule has 0 bridgehead atoms. The van der Waals surface area contributed by atoms with E-state index >= 15 is 0 Å². The van der Waals surface area contributed by atoms with Gasteiger partial charge >= 0.3 is 5.97 Å². The first kappa shape index (κ1) is 26.5. The second-order valence-corrected chi connectivity index (χ2v) is 10.3. The van der Waals surface area contributed by atoms with Gasteiger partial charge in [-0.3, -0.25) is 0 Å². The summed E-state index contributed by atoms with van der Waals surface area (Å²) in [5.41, 5.74) is 12.5. The molecule has 10 heteroatoms. The third kappa shape index (κ3) is 5.52. The van der Waals surface area contributed by atoms with Gasteiger partial charge in [0.25, 0.3) is 0 Å². The third-order valence-corrected chi connectivity index (χ3v) is 6.96. The van der Waals surface area contributed by atoms with Crippen LogP contribution in [-0.4, -0.2) is 79.0 Å². The summed E-state index contributed by atoms with van der Waals surface area (Å²) in [7, 11) is 8.11. The Bertz CT molecular complexity index is 1510. The number of esters is 1. The molecular weight excluding hydrogens is 494 g/mol. The number of hydrogen-bond acceptors (Lipinski definition) is 9. The van der Waals surface area contributed by atoms with Crippen LogP contribution in [0.2, 0.25) is 0 Å². The molecule has 0 amide bonds. The first-order chi connectivity index (χ1) is 18.7. The number of carbonyl (C=O) groups is 1. The van der Waals surface area contributed by atoms with Gasteiger partial charge < -0.3 is 34.9 Å². The molecule has 0 unspecified atom stereocenters. The van der Waals surface area contributed by atoms with E-state index in [-0.39, 0.29) is 6.10 Å². The van der Waals surface area contributed by atoms with Crippen molar-refractivity contribution in [2.75, 3.05) is 63.4 Å². The van der Waals surface area contributed by atoms with Gasteiger partial charge in [0.2, 0.25) is 5.95 Å². The van der Waals surface area contributed by atoms with Gasteiger partial charge in [0, 0.05) is 61.7 Å². The van der Waals surface area contributed by atoms with Gasteiger partial charge in [-0.2, -0.15) is 0 Å². The highest BCUT2D eigenvalue weighted by molar-refractivity contribution is 6.03. The minimum atomic E-state index is -0.469. The lowest BCUT2D eigenvalue weighted by atomic mass is 10.1. The molecule has 2 aromatic heterocycles. The van der Waals surface area contributed by atoms with E-state index in [1.807, 2.05) is 62.1 Å². The molecule has 1 aliphatic rings. The molecule has 4 aromatic rings. The van der Waals surface area contributed by atoms with Gasteiger partial charge in [-0.25, -0.2) is 14.8 Å². The Morgan fingerprint density at radius 2 is 1.97 bits per heavy atom. The van der Waals surface area contributed by atoms with Crippen molar-refractivity contribution in [3.05, 3.63) is 59.9 Å². The fraction of sp³-hybridized carbons (Fsp3) is 0.345. The van der Waals surface area contributed by atoms with Gasteiger partial charge in [-0.1, -0.05) is 18.2 Å². The van der Waals surface area contributed by atoms with E-state index in [2.05, 4.69) is 40.3 Å². The Labute approximate surface area is 228 Å². The maximum absolute atomic E-state index is 13.1. The fourth-order valence-corrected chi connectivity index (χ4v) is 4.59. The van der Waals surface area contributed by atoms with Crippen LogP contribution in [0.5, 0.6) is 0 Å². The molecule has 3 heterocycles. The largest absolute Gasteiger partial charge is 0.454 e. The number of benzene rings is 2. The molecule has 10 nitrogen and oxygen atoms in total. The lowest BCUT2D eigenvalue weighted by Crippen LogP contribution is -2.38. The predicted octanol–water partition coefficient (Wildman–Crippen LogP) is 3.82. The molecule has 0 atom stereocenters. The van der Waals surface area contributed by atoms with Crippen molar-refractivity contribution in [3.8, 4) is 11.3 Å². The maximum atomic E-state index is 13.1. The zero-order valence-corrected chi connectivity index (χ0v) is 23.1. The molecule has 1 fully saturated rings. The third-order valence-electron chi connectivity index (χ3n) is 6.96. The number of hydrogen-bond donors (Lipinski definition) is 2. The minimum absolute atomic E-state index is 0.254. The molecule has 39 heavy (non-hydrogen) atoms. The van der Waals surface area contributed by atoms with E-state index in [0.717, 1.165) is 46.5 Å². The summed E-state index contributed by atoms with van der Waals surface area (Å²) in [6.07, 6.45) is 3.24. The van der Waals surface area contributed by atoms with Crippen molar-refractivity contribution in [2.24, 2.45) is 7.05 Å². The monoisotopic (exact) mass is 529 g/mol. The number of nitrogen functional groups attached to an aromatic ring is 1. The van der Waals surface area contributed by atoms with Crippen molar-refractivity contribution < 1.29 is 14.3 Å². The molecule has 1 aliphatic heterocycles. The summed E-state index contributed by atoms with van der Waals surface area (Å²) >= 11 is 0. The van der Waals surface area contributed by atoms with Crippen LogP contribution < -0.4 is 16.0 Å². The molecule has 0 radical (unpaired) electrons. The average Bonchev–Trinajstić information content (AvgIpc) is 3.23. The molecule has 0 spiro atoms. The quantitative estimate of drug-likeness (QED) is 0.247. The van der Waals surface area contributed by atoms with Crippen molar-refractivity contribution in [3.63, 3.8) is 0 Å². The number of para-hydroxylation sites is 1. The van der Waals surface area contributed by atoms with E-state index < -0.39 is 5.97 Å². The van der Waals surface area contributed by atoms with Crippen LogP contribution in [0.25, 0.3) is 22.2 Å². The molecule has 2 aromatic carbocycles. The normalized spacial score (nSPS) is 13.5. The molecular formula is C29H35N7O3. The number of likely N-dealkylation sites (N-methyl/N-ethyl adjacent to an activating group) is 2. The number of aromatic nitrogens is 3. The van der Waals surface area contributed by atoms with Crippen LogP contribution in [0.15, 0.2) is 48.8 Å². The highest BCUT2D eigenvalue weighted by atomic mass is 16.6. The first-order valence-electron chi connectivity index (χ1n) is 12.9. The SMILES string of the molecule is Cc1cc(N(C)CCN(C)C)c(N)cc1Nc1ncc(C(=O)OC2COC2)c(-c2cn(C)c3ccccc23)n1. The summed E-state index contributed by atoms with van der Waals surface area (Å²) < 4.78 is 12.8. The molecule has 5 rings (SSSR count). The zero-order valence-electron chi connectivity index (χ0n) is 23.1. The van der Waals surface area contributed by atoms with Gasteiger partial charge in [0.1, 0.15) is 11.7 Å². The molecule has 0 aliphatic carbocycles. The Morgan fingerprint density at radius 1 is 1.21 bits per heavy atom. The van der Waals surface area contributed by atoms with Crippen molar-refractivity contribution in [1.29, 1.82) is 0 Å². The Hall–Kier alpha value is -4.15. The van der Waals surface area contributed by atoms with Crippen molar-refractivity contribution in [1.82, 2.24) is 19.4 Å². The van der Waals surface area contributed by atoms with Crippen molar-refractivity contribution in [2.45, 2.75) is 13.0 Å². The Morgan fingerprint density at radius 3 is 2.69 bits per heavy atom. The Balaban J connectivity index is 1.50. The van der Waals surface area contributed by atoms with Gasteiger partial charge in [-0.05, 0) is 44.8 Å². The Kier molecular flexibility index (Phi) is 7.40. The number of nitrogens with one attached hydrogen (secondary N) is 1. The van der Waals surface area contributed by atoms with Crippen LogP contribution in [0.4, 0.5) is 23.0 Å². The number of nitrogens with two attached hydrogens (primary N) is 1. The summed E-state index contributed by atoms with van der Waals surface area (Å²) in [6, 6.07) is 12.0. The standard InChI is InChI=1S/C29H35N7O3/c1-18-12-26(35(4)11-10-34(2)3)23(30)13-24(18)32-29-31-14-21(28(37)39-19-16-38-17-19)27(33-29)22-15-36(5)25-9-7-6-8-20(22)25/h6-9,12-15,19H,10-11,16-17,30H2,1-5H3,(H,31,32,33). The summed E-state index contributed by atoms with van der Waals surface area (Å²) in [5.74, 6) is -0.110. The molecule has 0 saturated carbocycles. The van der Waals surface area contributed by atoms with Gasteiger partial charge in [0.05, 0.1) is 30.3 Å². The number of ether oxygens (including phenoxy) is 2. The van der Waals surface area contributed by atoms with E-state index in [0.29, 0.717) is 36.1 Å². The number of aryl methyl sites for hydroxylation is 2. The maximum Gasteiger partial charge on any atom is 0.342 e. The fourth-order valence-electron chi connectivity index (χ4n) is 4.59. The second-order valence-electron chi connectivity index (χ2n) is 10.3.